The summed E-state index contributed by atoms with van der Waals surface area (Å²) in [5, 5.41) is 15.7. The van der Waals surface area contributed by atoms with Crippen LogP contribution < -0.4 is 4.90 Å². The van der Waals surface area contributed by atoms with Crippen LogP contribution in [0.4, 0.5) is 10.6 Å². The van der Waals surface area contributed by atoms with E-state index in [1.807, 2.05) is 17.9 Å². The van der Waals surface area contributed by atoms with Gasteiger partial charge in [-0.3, -0.25) is 15.7 Å². The van der Waals surface area contributed by atoms with Crippen molar-refractivity contribution < 1.29 is 14.3 Å². The largest absolute Gasteiger partial charge is 0.450 e. The number of hydrogen-bond donors (Lipinski definition) is 2. The highest BCUT2D eigenvalue weighted by Gasteiger charge is 2.51. The van der Waals surface area contributed by atoms with Gasteiger partial charge < -0.3 is 19.3 Å². The first-order chi connectivity index (χ1) is 14.9. The molecule has 1 atom stereocenters. The predicted octanol–water partition coefficient (Wildman–Crippen LogP) is 2.55. The molecule has 168 valence electrons. The van der Waals surface area contributed by atoms with E-state index >= 15 is 0 Å². The fourth-order valence-corrected chi connectivity index (χ4v) is 5.22. The Hall–Kier alpha value is -2.68. The number of piperazine rings is 1. The lowest BCUT2D eigenvalue weighted by Crippen LogP contribution is -2.58. The lowest BCUT2D eigenvalue weighted by atomic mass is 9.78. The van der Waals surface area contributed by atoms with Crippen LogP contribution in [0.2, 0.25) is 0 Å². The summed E-state index contributed by atoms with van der Waals surface area (Å²) >= 11 is 0. The zero-order chi connectivity index (χ0) is 22.0. The average molecular weight is 429 g/mol. The second-order valence-corrected chi connectivity index (χ2v) is 8.84. The summed E-state index contributed by atoms with van der Waals surface area (Å²) in [4.78, 5) is 23.0. The van der Waals surface area contributed by atoms with Gasteiger partial charge in [-0.1, -0.05) is 0 Å². The number of aromatic nitrogens is 1. The molecule has 4 rings (SSSR count). The topological polar surface area (TPSA) is 106 Å². The van der Waals surface area contributed by atoms with Gasteiger partial charge >= 0.3 is 6.09 Å². The van der Waals surface area contributed by atoms with Crippen molar-refractivity contribution in [1.29, 1.82) is 10.8 Å². The van der Waals surface area contributed by atoms with Gasteiger partial charge in [0.05, 0.1) is 12.2 Å². The minimum atomic E-state index is -0.177. The van der Waals surface area contributed by atoms with Crippen LogP contribution in [0.15, 0.2) is 18.3 Å². The molecule has 0 radical (unpaired) electrons. The molecule has 1 aliphatic carbocycles. The third kappa shape index (κ3) is 4.51. The number of rotatable bonds is 4. The Morgan fingerprint density at radius 3 is 2.68 bits per heavy atom. The zero-order valence-electron chi connectivity index (χ0n) is 18.4. The molecule has 9 heteroatoms. The van der Waals surface area contributed by atoms with Crippen LogP contribution in [0, 0.1) is 16.2 Å². The number of likely N-dealkylation sites (tertiary alicyclic amines) is 1. The molecule has 1 spiro atoms. The van der Waals surface area contributed by atoms with Gasteiger partial charge in [0.15, 0.2) is 5.90 Å². The van der Waals surface area contributed by atoms with Crippen molar-refractivity contribution in [2.24, 2.45) is 5.41 Å². The van der Waals surface area contributed by atoms with E-state index in [-0.39, 0.29) is 23.3 Å². The molecule has 0 aromatic carbocycles. The van der Waals surface area contributed by atoms with Gasteiger partial charge in [-0.2, -0.15) is 0 Å². The summed E-state index contributed by atoms with van der Waals surface area (Å²) in [7, 11) is 0. The summed E-state index contributed by atoms with van der Waals surface area (Å²) < 4.78 is 10.3. The number of carbonyl (C=O) groups excluding carboxylic acids is 1. The Morgan fingerprint density at radius 2 is 2.00 bits per heavy atom. The van der Waals surface area contributed by atoms with E-state index in [0.717, 1.165) is 51.5 Å². The van der Waals surface area contributed by atoms with Gasteiger partial charge in [0.2, 0.25) is 5.90 Å². The average Bonchev–Trinajstić information content (AvgIpc) is 3.18. The van der Waals surface area contributed by atoms with Crippen molar-refractivity contribution in [1.82, 2.24) is 14.8 Å². The highest BCUT2D eigenvalue weighted by Crippen LogP contribution is 2.47. The summed E-state index contributed by atoms with van der Waals surface area (Å²) in [6.45, 7) is 9.05. The molecule has 2 aliphatic heterocycles. The van der Waals surface area contributed by atoms with E-state index < -0.39 is 0 Å². The predicted molar refractivity (Wildman–Crippen MR) is 118 cm³/mol. The van der Waals surface area contributed by atoms with Crippen LogP contribution in [0.25, 0.3) is 0 Å². The third-order valence-electron chi connectivity index (χ3n) is 6.67. The maximum atomic E-state index is 11.9. The molecule has 1 amide bonds. The van der Waals surface area contributed by atoms with E-state index in [1.54, 1.807) is 12.3 Å². The van der Waals surface area contributed by atoms with Crippen LogP contribution >= 0.6 is 0 Å². The van der Waals surface area contributed by atoms with Gasteiger partial charge in [-0.15, -0.1) is 0 Å². The molecule has 9 nitrogen and oxygen atoms in total. The first-order valence-electron chi connectivity index (χ1n) is 11.1. The van der Waals surface area contributed by atoms with Crippen molar-refractivity contribution in [2.75, 3.05) is 50.8 Å². The molecule has 1 aromatic rings. The van der Waals surface area contributed by atoms with Crippen molar-refractivity contribution >= 4 is 23.7 Å². The molecule has 2 saturated heterocycles. The van der Waals surface area contributed by atoms with Gasteiger partial charge in [-0.25, -0.2) is 9.78 Å². The Bertz CT molecular complexity index is 845. The Kier molecular flexibility index (Phi) is 6.13. The van der Waals surface area contributed by atoms with E-state index in [4.69, 9.17) is 20.3 Å². The van der Waals surface area contributed by atoms with Gasteiger partial charge in [0, 0.05) is 63.8 Å². The summed E-state index contributed by atoms with van der Waals surface area (Å²) in [6, 6.07) is 4.19. The first-order valence-corrected chi connectivity index (χ1v) is 11.1. The normalized spacial score (nSPS) is 22.8. The maximum Gasteiger partial charge on any atom is 0.409 e. The fourth-order valence-electron chi connectivity index (χ4n) is 5.22. The molecule has 3 heterocycles. The van der Waals surface area contributed by atoms with Crippen molar-refractivity contribution in [3.8, 4) is 0 Å². The molecule has 31 heavy (non-hydrogen) atoms. The number of carbonyl (C=O) groups is 1. The van der Waals surface area contributed by atoms with Gasteiger partial charge in [0.25, 0.3) is 0 Å². The number of nitrogens with zero attached hydrogens (tertiary/aromatic N) is 4. The standard InChI is InChI=1S/C22H32N6O3/c1-3-30-21(29)28-14-22(15-28)7-6-17(13-22)26-9-11-27(12-10-26)20-18(5-4-8-25-20)19(24)31-16(2)23/h4-5,8,17,23-24H,3,6-7,9-15H2,1-2H3/t17-/m1/s1. The second-order valence-electron chi connectivity index (χ2n) is 8.84. The number of nitrogens with one attached hydrogen (secondary N) is 2. The summed E-state index contributed by atoms with van der Waals surface area (Å²) in [5.74, 6) is 0.713. The molecule has 1 saturated carbocycles. The summed E-state index contributed by atoms with van der Waals surface area (Å²) in [6.07, 6.45) is 5.07. The summed E-state index contributed by atoms with van der Waals surface area (Å²) in [5.41, 5.74) is 0.899. The zero-order valence-corrected chi connectivity index (χ0v) is 18.4. The number of hydrogen-bond acceptors (Lipinski definition) is 8. The van der Waals surface area contributed by atoms with E-state index in [2.05, 4.69) is 14.8 Å². The van der Waals surface area contributed by atoms with E-state index in [0.29, 0.717) is 18.2 Å². The minimum absolute atomic E-state index is 0.00250. The quantitative estimate of drug-likeness (QED) is 0.564. The van der Waals surface area contributed by atoms with Crippen LogP contribution in [-0.4, -0.2) is 84.6 Å². The van der Waals surface area contributed by atoms with Crippen molar-refractivity contribution in [2.45, 2.75) is 39.2 Å². The molecule has 1 aromatic heterocycles. The van der Waals surface area contributed by atoms with Crippen LogP contribution in [0.5, 0.6) is 0 Å². The van der Waals surface area contributed by atoms with Crippen LogP contribution in [-0.2, 0) is 9.47 Å². The first kappa shape index (κ1) is 21.5. The Balaban J connectivity index is 1.31. The smallest absolute Gasteiger partial charge is 0.409 e. The highest BCUT2D eigenvalue weighted by molar-refractivity contribution is 6.02. The highest BCUT2D eigenvalue weighted by atomic mass is 16.6. The van der Waals surface area contributed by atoms with Gasteiger partial charge in [-0.05, 0) is 38.3 Å². The van der Waals surface area contributed by atoms with E-state index in [1.165, 1.54) is 19.8 Å². The molecular formula is C22H32N6O3. The van der Waals surface area contributed by atoms with Crippen LogP contribution in [0.1, 0.15) is 38.7 Å². The number of anilines is 1. The van der Waals surface area contributed by atoms with Crippen molar-refractivity contribution in [3.63, 3.8) is 0 Å². The van der Waals surface area contributed by atoms with Crippen molar-refractivity contribution in [3.05, 3.63) is 23.9 Å². The van der Waals surface area contributed by atoms with Crippen LogP contribution in [0.3, 0.4) is 0 Å². The lowest BCUT2D eigenvalue weighted by molar-refractivity contribution is -0.00294. The number of amides is 1. The lowest BCUT2D eigenvalue weighted by Gasteiger charge is -2.48. The maximum absolute atomic E-state index is 11.9. The fraction of sp³-hybridized carbons (Fsp3) is 0.636. The molecule has 2 N–H and O–H groups in total. The molecular weight excluding hydrogens is 396 g/mol. The molecule has 3 aliphatic rings. The van der Waals surface area contributed by atoms with E-state index in [9.17, 15) is 4.79 Å². The SMILES string of the molecule is CCOC(=O)N1CC2(CC[C@@H](N3CCN(c4ncccc4C(=N)OC(C)=N)CC3)C2)C1. The molecule has 0 unspecified atom stereocenters. The number of pyridine rings is 1. The Morgan fingerprint density at radius 1 is 1.26 bits per heavy atom. The minimum Gasteiger partial charge on any atom is -0.450 e. The number of ether oxygens (including phenoxy) is 2. The molecule has 0 bridgehead atoms. The molecule has 3 fully saturated rings. The van der Waals surface area contributed by atoms with Gasteiger partial charge in [0.1, 0.15) is 5.82 Å². The second kappa shape index (κ2) is 8.82. The monoisotopic (exact) mass is 428 g/mol. The third-order valence-corrected chi connectivity index (χ3v) is 6.67. The Labute approximate surface area is 183 Å².